The van der Waals surface area contributed by atoms with Gasteiger partial charge in [-0.15, -0.1) is 0 Å². The predicted molar refractivity (Wildman–Crippen MR) is 75.6 cm³/mol. The van der Waals surface area contributed by atoms with E-state index in [1.54, 1.807) is 0 Å². The summed E-state index contributed by atoms with van der Waals surface area (Å²) < 4.78 is 28.2. The molecule has 0 amide bonds. The van der Waals surface area contributed by atoms with Crippen molar-refractivity contribution in [2.45, 2.75) is 19.8 Å². The van der Waals surface area contributed by atoms with Crippen molar-refractivity contribution in [1.29, 1.82) is 0 Å². The molecule has 1 heterocycles. The molecular weight excluding hydrogens is 288 g/mol. The van der Waals surface area contributed by atoms with Crippen LogP contribution in [0.1, 0.15) is 19.8 Å². The molecule has 1 aromatic rings. The molecule has 0 aliphatic carbocycles. The first kappa shape index (κ1) is 14.4. The fourth-order valence-electron chi connectivity index (χ4n) is 2.16. The van der Waals surface area contributed by atoms with Crippen LogP contribution in [0.25, 0.3) is 0 Å². The molecular formula is C12H17ClN2O3S. The van der Waals surface area contributed by atoms with Crippen molar-refractivity contribution in [2.75, 3.05) is 17.8 Å². The molecule has 1 saturated heterocycles. The van der Waals surface area contributed by atoms with E-state index < -0.39 is 10.2 Å². The van der Waals surface area contributed by atoms with Crippen molar-refractivity contribution in [3.8, 4) is 5.75 Å². The normalized spacial score (nSPS) is 21.3. The highest BCUT2D eigenvalue weighted by molar-refractivity contribution is 7.90. The van der Waals surface area contributed by atoms with Crippen LogP contribution in [0, 0.1) is 5.92 Å². The fraction of sp³-hybridized carbons (Fsp3) is 0.500. The molecule has 0 spiro atoms. The van der Waals surface area contributed by atoms with Gasteiger partial charge >= 0.3 is 10.2 Å². The summed E-state index contributed by atoms with van der Waals surface area (Å²) in [6.45, 7) is 3.02. The second-order valence-electron chi connectivity index (χ2n) is 4.87. The monoisotopic (exact) mass is 304 g/mol. The summed E-state index contributed by atoms with van der Waals surface area (Å²) in [4.78, 5) is 0. The summed E-state index contributed by atoms with van der Waals surface area (Å²) in [6.07, 6.45) is 1.89. The van der Waals surface area contributed by atoms with Crippen LogP contribution in [-0.4, -0.2) is 30.9 Å². The molecule has 1 fully saturated rings. The fourth-order valence-corrected chi connectivity index (χ4v) is 3.72. The number of rotatable bonds is 3. The van der Waals surface area contributed by atoms with Gasteiger partial charge in [-0.3, -0.25) is 4.72 Å². The third-order valence-electron chi connectivity index (χ3n) is 3.16. The smallest absolute Gasteiger partial charge is 0.301 e. The van der Waals surface area contributed by atoms with E-state index in [0.717, 1.165) is 12.8 Å². The van der Waals surface area contributed by atoms with Gasteiger partial charge < -0.3 is 5.11 Å². The van der Waals surface area contributed by atoms with Crippen molar-refractivity contribution >= 4 is 27.5 Å². The molecule has 2 N–H and O–H groups in total. The van der Waals surface area contributed by atoms with E-state index >= 15 is 0 Å². The van der Waals surface area contributed by atoms with Gasteiger partial charge in [0.2, 0.25) is 0 Å². The van der Waals surface area contributed by atoms with E-state index in [9.17, 15) is 13.5 Å². The quantitative estimate of drug-likeness (QED) is 0.843. The molecule has 1 aliphatic rings. The maximum Gasteiger partial charge on any atom is 0.301 e. The zero-order valence-electron chi connectivity index (χ0n) is 10.6. The van der Waals surface area contributed by atoms with Crippen LogP contribution in [0.4, 0.5) is 5.69 Å². The average Bonchev–Trinajstić information content (AvgIpc) is 2.33. The van der Waals surface area contributed by atoms with Crippen molar-refractivity contribution < 1.29 is 13.5 Å². The highest BCUT2D eigenvalue weighted by atomic mass is 35.5. The first-order valence-corrected chi connectivity index (χ1v) is 7.96. The van der Waals surface area contributed by atoms with Gasteiger partial charge in [0.05, 0.1) is 5.69 Å². The first-order valence-electron chi connectivity index (χ1n) is 6.15. The number of hydrogen-bond donors (Lipinski definition) is 2. The molecule has 5 nitrogen and oxygen atoms in total. The lowest BCUT2D eigenvalue weighted by Gasteiger charge is -2.30. The Hall–Kier alpha value is -0.980. The molecule has 0 saturated carbocycles. The molecule has 0 aromatic heterocycles. The number of halogens is 1. The molecule has 1 atom stereocenters. The Kier molecular flexibility index (Phi) is 4.23. The van der Waals surface area contributed by atoms with Gasteiger partial charge in [0.25, 0.3) is 0 Å². The molecule has 106 valence electrons. The van der Waals surface area contributed by atoms with Gasteiger partial charge in [-0.05, 0) is 37.0 Å². The summed E-state index contributed by atoms with van der Waals surface area (Å²) in [7, 11) is -3.64. The first-order chi connectivity index (χ1) is 8.88. The Bertz CT molecular complexity index is 562. The topological polar surface area (TPSA) is 69.6 Å². The van der Waals surface area contributed by atoms with E-state index in [4.69, 9.17) is 11.6 Å². The number of anilines is 1. The largest absolute Gasteiger partial charge is 0.506 e. The van der Waals surface area contributed by atoms with E-state index in [0.29, 0.717) is 24.0 Å². The molecule has 1 aliphatic heterocycles. The number of nitrogens with zero attached hydrogens (tertiary/aromatic N) is 1. The summed E-state index contributed by atoms with van der Waals surface area (Å²) in [6, 6.07) is 4.25. The van der Waals surface area contributed by atoms with Crippen LogP contribution >= 0.6 is 11.6 Å². The van der Waals surface area contributed by atoms with Crippen LogP contribution in [0.5, 0.6) is 5.75 Å². The zero-order valence-corrected chi connectivity index (χ0v) is 12.2. The minimum absolute atomic E-state index is 0.103. The van der Waals surface area contributed by atoms with Gasteiger partial charge in [-0.2, -0.15) is 12.7 Å². The lowest BCUT2D eigenvalue weighted by atomic mass is 10.0. The molecule has 0 radical (unpaired) electrons. The number of piperidine rings is 1. The van der Waals surface area contributed by atoms with Crippen LogP contribution in [0.15, 0.2) is 18.2 Å². The van der Waals surface area contributed by atoms with Crippen molar-refractivity contribution in [3.63, 3.8) is 0 Å². The van der Waals surface area contributed by atoms with Gasteiger partial charge in [0, 0.05) is 18.1 Å². The minimum Gasteiger partial charge on any atom is -0.506 e. The molecule has 2 rings (SSSR count). The van der Waals surface area contributed by atoms with Crippen LogP contribution < -0.4 is 4.72 Å². The second kappa shape index (κ2) is 5.56. The number of hydrogen-bond acceptors (Lipinski definition) is 3. The SMILES string of the molecule is CC1CCCN(S(=O)(=O)Nc2cc(Cl)ccc2O)C1. The number of phenols is 1. The average molecular weight is 305 g/mol. The van der Waals surface area contributed by atoms with Crippen molar-refractivity contribution in [3.05, 3.63) is 23.2 Å². The van der Waals surface area contributed by atoms with Gasteiger partial charge in [-0.25, -0.2) is 0 Å². The number of nitrogens with one attached hydrogen (secondary N) is 1. The van der Waals surface area contributed by atoms with Crippen LogP contribution in [-0.2, 0) is 10.2 Å². The standard InChI is InChI=1S/C12H17ClN2O3S/c1-9-3-2-6-15(8-9)19(17,18)14-11-7-10(13)4-5-12(11)16/h4-5,7,9,14,16H,2-3,6,8H2,1H3. The van der Waals surface area contributed by atoms with E-state index in [-0.39, 0.29) is 11.4 Å². The highest BCUT2D eigenvalue weighted by Crippen LogP contribution is 2.28. The summed E-state index contributed by atoms with van der Waals surface area (Å²) in [5, 5.41) is 10.0. The minimum atomic E-state index is -3.64. The van der Waals surface area contributed by atoms with Gasteiger partial charge in [0.1, 0.15) is 5.75 Å². The number of benzene rings is 1. The van der Waals surface area contributed by atoms with Gasteiger partial charge in [0.15, 0.2) is 0 Å². The Morgan fingerprint density at radius 1 is 1.47 bits per heavy atom. The van der Waals surface area contributed by atoms with E-state index in [1.807, 2.05) is 6.92 Å². The summed E-state index contributed by atoms with van der Waals surface area (Å²) in [5.74, 6) is 0.205. The molecule has 0 bridgehead atoms. The summed E-state index contributed by atoms with van der Waals surface area (Å²) in [5.41, 5.74) is 0.103. The third-order valence-corrected chi connectivity index (χ3v) is 4.88. The third kappa shape index (κ3) is 3.52. The Labute approximate surface area is 118 Å². The number of phenolic OH excluding ortho intramolecular Hbond substituents is 1. The van der Waals surface area contributed by atoms with Crippen LogP contribution in [0.3, 0.4) is 0 Å². The Balaban J connectivity index is 2.18. The lowest BCUT2D eigenvalue weighted by Crippen LogP contribution is -2.42. The molecule has 7 heteroatoms. The molecule has 1 unspecified atom stereocenters. The number of aromatic hydroxyl groups is 1. The lowest BCUT2D eigenvalue weighted by molar-refractivity contribution is 0.282. The predicted octanol–water partition coefficient (Wildman–Crippen LogP) is 2.43. The molecule has 1 aromatic carbocycles. The Morgan fingerprint density at radius 2 is 2.21 bits per heavy atom. The van der Waals surface area contributed by atoms with Crippen LogP contribution in [0.2, 0.25) is 5.02 Å². The zero-order chi connectivity index (χ0) is 14.0. The van der Waals surface area contributed by atoms with Crippen molar-refractivity contribution in [1.82, 2.24) is 4.31 Å². The maximum absolute atomic E-state index is 12.2. The van der Waals surface area contributed by atoms with E-state index in [1.165, 1.54) is 22.5 Å². The summed E-state index contributed by atoms with van der Waals surface area (Å²) >= 11 is 5.80. The second-order valence-corrected chi connectivity index (χ2v) is 6.98. The van der Waals surface area contributed by atoms with Crippen molar-refractivity contribution in [2.24, 2.45) is 5.92 Å². The highest BCUT2D eigenvalue weighted by Gasteiger charge is 2.27. The van der Waals surface area contributed by atoms with E-state index in [2.05, 4.69) is 4.72 Å². The Morgan fingerprint density at radius 3 is 2.89 bits per heavy atom. The van der Waals surface area contributed by atoms with Gasteiger partial charge in [-0.1, -0.05) is 18.5 Å². The maximum atomic E-state index is 12.2. The molecule has 19 heavy (non-hydrogen) atoms.